The second-order valence-corrected chi connectivity index (χ2v) is 4.30. The van der Waals surface area contributed by atoms with Crippen molar-refractivity contribution in [3.05, 3.63) is 23.9 Å². The first kappa shape index (κ1) is 10.6. The Bertz CT molecular complexity index is 518. The van der Waals surface area contributed by atoms with Gasteiger partial charge >= 0.3 is 0 Å². The molecule has 2 aromatic rings. The zero-order valence-electron chi connectivity index (χ0n) is 9.76. The molecule has 2 aromatic heterocycles. The Balaban J connectivity index is 1.84. The Morgan fingerprint density at radius 1 is 1.53 bits per heavy atom. The van der Waals surface area contributed by atoms with Crippen LogP contribution in [0.25, 0.3) is 5.65 Å². The number of aromatic nitrogens is 4. The van der Waals surface area contributed by atoms with E-state index in [1.54, 1.807) is 6.33 Å². The molecular weight excluding hydrogens is 218 g/mol. The van der Waals surface area contributed by atoms with E-state index < -0.39 is 0 Å². The van der Waals surface area contributed by atoms with Crippen molar-refractivity contribution >= 4 is 5.65 Å². The summed E-state index contributed by atoms with van der Waals surface area (Å²) in [5, 5.41) is 11.8. The lowest BCUT2D eigenvalue weighted by Gasteiger charge is -2.22. The number of nitrogens with zero attached hydrogens (tertiary/aromatic N) is 4. The minimum absolute atomic E-state index is 0.317. The van der Waals surface area contributed by atoms with E-state index >= 15 is 0 Å². The van der Waals surface area contributed by atoms with Gasteiger partial charge in [0, 0.05) is 30.8 Å². The fourth-order valence-electron chi connectivity index (χ4n) is 2.05. The van der Waals surface area contributed by atoms with E-state index in [1.165, 1.54) is 0 Å². The van der Waals surface area contributed by atoms with E-state index in [2.05, 4.69) is 20.5 Å². The molecule has 1 unspecified atom stereocenters. The van der Waals surface area contributed by atoms with Crippen LogP contribution in [0, 0.1) is 6.92 Å². The lowest BCUT2D eigenvalue weighted by atomic mass is 10.2. The average Bonchev–Trinajstić information content (AvgIpc) is 2.73. The molecule has 0 bridgehead atoms. The molecule has 0 spiro atoms. The summed E-state index contributed by atoms with van der Waals surface area (Å²) in [6, 6.07) is 2.25. The van der Waals surface area contributed by atoms with E-state index in [0.29, 0.717) is 6.04 Å². The Morgan fingerprint density at radius 2 is 2.47 bits per heavy atom. The molecule has 0 radical (unpaired) electrons. The van der Waals surface area contributed by atoms with E-state index in [-0.39, 0.29) is 0 Å². The monoisotopic (exact) mass is 233 g/mol. The predicted octanol–water partition coefficient (Wildman–Crippen LogP) is -0.0364. The van der Waals surface area contributed by atoms with Gasteiger partial charge in [0.05, 0.1) is 13.2 Å². The van der Waals surface area contributed by atoms with Crippen molar-refractivity contribution in [1.29, 1.82) is 0 Å². The van der Waals surface area contributed by atoms with Gasteiger partial charge in [0.25, 0.3) is 0 Å². The molecule has 1 saturated heterocycles. The molecular formula is C11H15N5O. The van der Waals surface area contributed by atoms with E-state index in [4.69, 9.17) is 4.74 Å². The first-order valence-electron chi connectivity index (χ1n) is 5.80. The maximum absolute atomic E-state index is 5.43. The van der Waals surface area contributed by atoms with Crippen LogP contribution in [0.2, 0.25) is 0 Å². The highest BCUT2D eigenvalue weighted by Gasteiger charge is 2.16. The van der Waals surface area contributed by atoms with Crippen LogP contribution in [0.15, 0.2) is 12.4 Å². The van der Waals surface area contributed by atoms with Gasteiger partial charge in [-0.05, 0) is 6.92 Å². The normalized spacial score (nSPS) is 20.9. The molecule has 1 N–H and O–H groups in total. The number of aryl methyl sites for hydroxylation is 1. The molecule has 3 rings (SSSR count). The van der Waals surface area contributed by atoms with Crippen LogP contribution in [-0.2, 0) is 11.2 Å². The van der Waals surface area contributed by atoms with Gasteiger partial charge in [-0.15, -0.1) is 10.2 Å². The SMILES string of the molecule is Cc1cc2nnc(CC3COCCN3)n2cn1. The predicted molar refractivity (Wildman–Crippen MR) is 61.8 cm³/mol. The maximum Gasteiger partial charge on any atom is 0.163 e. The minimum Gasteiger partial charge on any atom is -0.379 e. The molecule has 3 heterocycles. The highest BCUT2D eigenvalue weighted by atomic mass is 16.5. The molecule has 0 aliphatic carbocycles. The zero-order valence-corrected chi connectivity index (χ0v) is 9.76. The summed E-state index contributed by atoms with van der Waals surface area (Å²) in [4.78, 5) is 4.26. The summed E-state index contributed by atoms with van der Waals surface area (Å²) in [7, 11) is 0. The van der Waals surface area contributed by atoms with Gasteiger partial charge in [-0.25, -0.2) is 4.98 Å². The van der Waals surface area contributed by atoms with Crippen molar-refractivity contribution in [2.75, 3.05) is 19.8 Å². The molecule has 1 aliphatic heterocycles. The Hall–Kier alpha value is -1.53. The van der Waals surface area contributed by atoms with Crippen molar-refractivity contribution in [2.45, 2.75) is 19.4 Å². The third-order valence-electron chi connectivity index (χ3n) is 2.94. The van der Waals surface area contributed by atoms with Crippen molar-refractivity contribution in [3.63, 3.8) is 0 Å². The molecule has 90 valence electrons. The number of nitrogens with one attached hydrogen (secondary N) is 1. The van der Waals surface area contributed by atoms with Crippen LogP contribution in [0.5, 0.6) is 0 Å². The Morgan fingerprint density at radius 3 is 3.29 bits per heavy atom. The summed E-state index contributed by atoms with van der Waals surface area (Å²) < 4.78 is 7.36. The lowest BCUT2D eigenvalue weighted by molar-refractivity contribution is 0.0763. The standard InChI is InChI=1S/C11H15N5O/c1-8-4-10-14-15-11(16(10)7-13-8)5-9-6-17-3-2-12-9/h4,7,9,12H,2-3,5-6H2,1H3. The number of rotatable bonds is 2. The molecule has 1 fully saturated rings. The van der Waals surface area contributed by atoms with Gasteiger partial charge in [0.1, 0.15) is 12.2 Å². The molecule has 0 amide bonds. The Labute approximate surface area is 99.0 Å². The van der Waals surface area contributed by atoms with E-state index in [1.807, 2.05) is 17.4 Å². The van der Waals surface area contributed by atoms with Gasteiger partial charge in [-0.1, -0.05) is 0 Å². The van der Waals surface area contributed by atoms with Crippen LogP contribution >= 0.6 is 0 Å². The molecule has 17 heavy (non-hydrogen) atoms. The van der Waals surface area contributed by atoms with E-state index in [0.717, 1.165) is 43.3 Å². The Kier molecular flexibility index (Phi) is 2.74. The van der Waals surface area contributed by atoms with Crippen molar-refractivity contribution in [2.24, 2.45) is 0 Å². The number of fused-ring (bicyclic) bond motifs is 1. The maximum atomic E-state index is 5.43. The third kappa shape index (κ3) is 2.13. The summed E-state index contributed by atoms with van der Waals surface area (Å²) in [6.45, 7) is 4.37. The highest BCUT2D eigenvalue weighted by molar-refractivity contribution is 5.38. The molecule has 0 aromatic carbocycles. The number of hydrogen-bond acceptors (Lipinski definition) is 5. The minimum atomic E-state index is 0.317. The van der Waals surface area contributed by atoms with E-state index in [9.17, 15) is 0 Å². The zero-order chi connectivity index (χ0) is 11.7. The fraction of sp³-hybridized carbons (Fsp3) is 0.545. The van der Waals surface area contributed by atoms with Crippen molar-refractivity contribution in [3.8, 4) is 0 Å². The third-order valence-corrected chi connectivity index (χ3v) is 2.94. The van der Waals surface area contributed by atoms with Gasteiger partial charge in [-0.3, -0.25) is 4.40 Å². The van der Waals surface area contributed by atoms with Gasteiger partial charge in [-0.2, -0.15) is 0 Å². The quantitative estimate of drug-likeness (QED) is 0.788. The molecule has 1 atom stereocenters. The summed E-state index contributed by atoms with van der Waals surface area (Å²) in [6.07, 6.45) is 2.59. The van der Waals surface area contributed by atoms with Gasteiger partial charge < -0.3 is 10.1 Å². The second kappa shape index (κ2) is 4.38. The molecule has 0 saturated carbocycles. The topological polar surface area (TPSA) is 64.3 Å². The first-order valence-corrected chi connectivity index (χ1v) is 5.80. The van der Waals surface area contributed by atoms with Crippen molar-refractivity contribution in [1.82, 2.24) is 24.9 Å². The fourth-order valence-corrected chi connectivity index (χ4v) is 2.05. The van der Waals surface area contributed by atoms with Crippen LogP contribution in [0.4, 0.5) is 0 Å². The van der Waals surface area contributed by atoms with Gasteiger partial charge in [0.2, 0.25) is 0 Å². The second-order valence-electron chi connectivity index (χ2n) is 4.30. The highest BCUT2D eigenvalue weighted by Crippen LogP contribution is 2.07. The van der Waals surface area contributed by atoms with Crippen LogP contribution in [0.3, 0.4) is 0 Å². The molecule has 6 heteroatoms. The lowest BCUT2D eigenvalue weighted by Crippen LogP contribution is -2.42. The number of hydrogen-bond donors (Lipinski definition) is 1. The largest absolute Gasteiger partial charge is 0.379 e. The molecule has 6 nitrogen and oxygen atoms in total. The summed E-state index contributed by atoms with van der Waals surface area (Å²) in [5.74, 6) is 0.926. The summed E-state index contributed by atoms with van der Waals surface area (Å²) in [5.41, 5.74) is 1.81. The van der Waals surface area contributed by atoms with Crippen molar-refractivity contribution < 1.29 is 4.74 Å². The smallest absolute Gasteiger partial charge is 0.163 e. The van der Waals surface area contributed by atoms with Crippen LogP contribution in [-0.4, -0.2) is 45.4 Å². The summed E-state index contributed by atoms with van der Waals surface area (Å²) >= 11 is 0. The average molecular weight is 233 g/mol. The number of morpholine rings is 1. The number of ether oxygens (including phenoxy) is 1. The van der Waals surface area contributed by atoms with Crippen LogP contribution in [0.1, 0.15) is 11.5 Å². The van der Waals surface area contributed by atoms with Crippen LogP contribution < -0.4 is 5.32 Å². The first-order chi connectivity index (χ1) is 8.33. The van der Waals surface area contributed by atoms with Gasteiger partial charge in [0.15, 0.2) is 5.65 Å². The molecule has 1 aliphatic rings.